The lowest BCUT2D eigenvalue weighted by Gasteiger charge is -2.39. The summed E-state index contributed by atoms with van der Waals surface area (Å²) in [5.74, 6) is -0.0205. The third kappa shape index (κ3) is 2.46. The average molecular weight is 234 g/mol. The predicted octanol–water partition coefficient (Wildman–Crippen LogP) is 2.77. The van der Waals surface area contributed by atoms with Crippen LogP contribution in [0.5, 0.6) is 0 Å². The van der Waals surface area contributed by atoms with Gasteiger partial charge in [0.1, 0.15) is 5.41 Å². The SMILES string of the molecule is CC1(CNC(=O)C2(C#N)CCCCC2)CCC1. The van der Waals surface area contributed by atoms with Crippen LogP contribution in [0.4, 0.5) is 0 Å². The van der Waals surface area contributed by atoms with Gasteiger partial charge < -0.3 is 5.32 Å². The van der Waals surface area contributed by atoms with E-state index in [0.717, 1.165) is 38.6 Å². The van der Waals surface area contributed by atoms with E-state index >= 15 is 0 Å². The van der Waals surface area contributed by atoms with E-state index in [1.165, 1.54) is 19.3 Å². The van der Waals surface area contributed by atoms with E-state index in [1.54, 1.807) is 0 Å². The number of carbonyl (C=O) groups is 1. The Balaban J connectivity index is 1.91. The van der Waals surface area contributed by atoms with Gasteiger partial charge in [-0.25, -0.2) is 0 Å². The Morgan fingerprint density at radius 2 is 1.82 bits per heavy atom. The van der Waals surface area contributed by atoms with Crippen LogP contribution in [-0.2, 0) is 4.79 Å². The number of carbonyl (C=O) groups excluding carboxylic acids is 1. The van der Waals surface area contributed by atoms with E-state index in [4.69, 9.17) is 0 Å². The molecule has 3 heteroatoms. The number of nitrogens with one attached hydrogen (secondary N) is 1. The van der Waals surface area contributed by atoms with Crippen LogP contribution in [0.25, 0.3) is 0 Å². The van der Waals surface area contributed by atoms with Crippen molar-refractivity contribution in [2.24, 2.45) is 10.8 Å². The van der Waals surface area contributed by atoms with Crippen LogP contribution in [0.3, 0.4) is 0 Å². The summed E-state index contributed by atoms with van der Waals surface area (Å²) in [6, 6.07) is 2.28. The summed E-state index contributed by atoms with van der Waals surface area (Å²) in [5.41, 5.74) is -0.431. The highest BCUT2D eigenvalue weighted by Gasteiger charge is 2.41. The summed E-state index contributed by atoms with van der Waals surface area (Å²) < 4.78 is 0. The molecule has 0 bridgehead atoms. The van der Waals surface area contributed by atoms with Gasteiger partial charge in [0, 0.05) is 6.54 Å². The van der Waals surface area contributed by atoms with Crippen LogP contribution in [0, 0.1) is 22.2 Å². The zero-order valence-corrected chi connectivity index (χ0v) is 10.7. The summed E-state index contributed by atoms with van der Waals surface area (Å²) in [6.07, 6.45) is 8.35. The first-order valence-electron chi connectivity index (χ1n) is 6.80. The van der Waals surface area contributed by atoms with Crippen LogP contribution in [0.15, 0.2) is 0 Å². The fourth-order valence-electron chi connectivity index (χ4n) is 2.96. The van der Waals surface area contributed by atoms with Crippen LogP contribution >= 0.6 is 0 Å². The highest BCUT2D eigenvalue weighted by Crippen LogP contribution is 2.40. The van der Waals surface area contributed by atoms with Crippen molar-refractivity contribution in [2.75, 3.05) is 6.54 Å². The molecule has 0 unspecified atom stereocenters. The topological polar surface area (TPSA) is 52.9 Å². The molecule has 0 spiro atoms. The lowest BCUT2D eigenvalue weighted by atomic mass is 9.70. The number of rotatable bonds is 3. The van der Waals surface area contributed by atoms with E-state index in [-0.39, 0.29) is 5.91 Å². The molecule has 2 rings (SSSR count). The molecule has 2 fully saturated rings. The first kappa shape index (κ1) is 12.4. The molecular weight excluding hydrogens is 212 g/mol. The van der Waals surface area contributed by atoms with Crippen molar-refractivity contribution in [3.63, 3.8) is 0 Å². The van der Waals surface area contributed by atoms with E-state index < -0.39 is 5.41 Å². The first-order chi connectivity index (χ1) is 8.10. The number of nitriles is 1. The lowest BCUT2D eigenvalue weighted by Crippen LogP contribution is -2.46. The highest BCUT2D eigenvalue weighted by atomic mass is 16.2. The summed E-state index contributed by atoms with van der Waals surface area (Å²) in [4.78, 5) is 12.2. The molecule has 94 valence electrons. The second kappa shape index (κ2) is 4.68. The first-order valence-corrected chi connectivity index (χ1v) is 6.80. The maximum absolute atomic E-state index is 12.2. The van der Waals surface area contributed by atoms with Gasteiger partial charge in [-0.1, -0.05) is 32.6 Å². The molecule has 3 nitrogen and oxygen atoms in total. The fourth-order valence-corrected chi connectivity index (χ4v) is 2.96. The van der Waals surface area contributed by atoms with Crippen molar-refractivity contribution in [3.05, 3.63) is 0 Å². The van der Waals surface area contributed by atoms with Gasteiger partial charge in [0.2, 0.25) is 5.91 Å². The Morgan fingerprint density at radius 1 is 1.18 bits per heavy atom. The van der Waals surface area contributed by atoms with Gasteiger partial charge in [0.15, 0.2) is 0 Å². The van der Waals surface area contributed by atoms with Crippen molar-refractivity contribution in [2.45, 2.75) is 58.3 Å². The van der Waals surface area contributed by atoms with Crippen LogP contribution in [0.2, 0.25) is 0 Å². The smallest absolute Gasteiger partial charge is 0.240 e. The fraction of sp³-hybridized carbons (Fsp3) is 0.857. The summed E-state index contributed by atoms with van der Waals surface area (Å²) in [6.45, 7) is 2.96. The molecule has 0 saturated heterocycles. The summed E-state index contributed by atoms with van der Waals surface area (Å²) in [7, 11) is 0. The van der Waals surface area contributed by atoms with Gasteiger partial charge >= 0.3 is 0 Å². The van der Waals surface area contributed by atoms with Gasteiger partial charge in [-0.05, 0) is 31.1 Å². The van der Waals surface area contributed by atoms with Crippen molar-refractivity contribution >= 4 is 5.91 Å². The summed E-state index contributed by atoms with van der Waals surface area (Å²) >= 11 is 0. The molecule has 0 atom stereocenters. The molecule has 0 radical (unpaired) electrons. The molecule has 2 aliphatic carbocycles. The minimum absolute atomic E-state index is 0.0205. The molecule has 1 amide bonds. The zero-order chi connectivity index (χ0) is 12.4. The third-order valence-electron chi connectivity index (χ3n) is 4.59. The monoisotopic (exact) mass is 234 g/mol. The molecule has 0 aromatic heterocycles. The van der Waals surface area contributed by atoms with Crippen molar-refractivity contribution < 1.29 is 4.79 Å². The molecule has 0 aliphatic heterocycles. The standard InChI is InChI=1S/C14H22N2O/c1-13(6-5-7-13)11-16-12(17)14(10-15)8-3-2-4-9-14/h2-9,11H2,1H3,(H,16,17). The third-order valence-corrected chi connectivity index (χ3v) is 4.59. The second-order valence-corrected chi connectivity index (χ2v) is 6.10. The van der Waals surface area contributed by atoms with Crippen molar-refractivity contribution in [3.8, 4) is 6.07 Å². The molecular formula is C14H22N2O. The van der Waals surface area contributed by atoms with Crippen molar-refractivity contribution in [1.82, 2.24) is 5.32 Å². The van der Waals surface area contributed by atoms with Crippen LogP contribution < -0.4 is 5.32 Å². The average Bonchev–Trinajstić information content (AvgIpc) is 2.34. The lowest BCUT2D eigenvalue weighted by molar-refractivity contribution is -0.130. The van der Waals surface area contributed by atoms with Gasteiger partial charge in [-0.3, -0.25) is 4.79 Å². The number of hydrogen-bond acceptors (Lipinski definition) is 2. The molecule has 17 heavy (non-hydrogen) atoms. The molecule has 0 aromatic carbocycles. The van der Waals surface area contributed by atoms with Crippen molar-refractivity contribution in [1.29, 1.82) is 5.26 Å². The maximum atomic E-state index is 12.2. The van der Waals surface area contributed by atoms with Gasteiger partial charge in [-0.2, -0.15) is 5.26 Å². The Hall–Kier alpha value is -1.04. The molecule has 2 saturated carbocycles. The Labute approximate surface area is 104 Å². The minimum Gasteiger partial charge on any atom is -0.354 e. The van der Waals surface area contributed by atoms with Gasteiger partial charge in [0.05, 0.1) is 6.07 Å². The molecule has 0 aromatic rings. The summed E-state index contributed by atoms with van der Waals surface area (Å²) in [5, 5.41) is 12.3. The van der Waals surface area contributed by atoms with E-state index in [2.05, 4.69) is 18.3 Å². The van der Waals surface area contributed by atoms with E-state index in [1.807, 2.05) is 0 Å². The quantitative estimate of drug-likeness (QED) is 0.816. The maximum Gasteiger partial charge on any atom is 0.240 e. The number of amides is 1. The number of nitrogens with zero attached hydrogens (tertiary/aromatic N) is 1. The number of hydrogen-bond donors (Lipinski definition) is 1. The minimum atomic E-state index is -0.724. The predicted molar refractivity (Wildman–Crippen MR) is 66.1 cm³/mol. The Kier molecular flexibility index (Phi) is 3.42. The largest absolute Gasteiger partial charge is 0.354 e. The Bertz CT molecular complexity index is 333. The highest BCUT2D eigenvalue weighted by molar-refractivity contribution is 5.85. The second-order valence-electron chi connectivity index (χ2n) is 6.10. The van der Waals surface area contributed by atoms with Crippen LogP contribution in [0.1, 0.15) is 58.3 Å². The van der Waals surface area contributed by atoms with Gasteiger partial charge in [-0.15, -0.1) is 0 Å². The Morgan fingerprint density at radius 3 is 2.29 bits per heavy atom. The molecule has 0 heterocycles. The van der Waals surface area contributed by atoms with E-state index in [0.29, 0.717) is 5.41 Å². The molecule has 1 N–H and O–H groups in total. The van der Waals surface area contributed by atoms with E-state index in [9.17, 15) is 10.1 Å². The van der Waals surface area contributed by atoms with Gasteiger partial charge in [0.25, 0.3) is 0 Å². The normalized spacial score (nSPS) is 25.4. The molecule has 2 aliphatic rings. The zero-order valence-electron chi connectivity index (χ0n) is 10.7. The van der Waals surface area contributed by atoms with Crippen LogP contribution in [-0.4, -0.2) is 12.5 Å².